The molecule has 2 aliphatic heterocycles. The molecule has 3 amide bonds. The summed E-state index contributed by atoms with van der Waals surface area (Å²) in [6.45, 7) is 5.93. The van der Waals surface area contributed by atoms with Crippen molar-refractivity contribution in [3.8, 4) is 0 Å². The molecule has 4 rings (SSSR count). The highest BCUT2D eigenvalue weighted by atomic mass is 16.2. The van der Waals surface area contributed by atoms with E-state index < -0.39 is 0 Å². The van der Waals surface area contributed by atoms with Crippen molar-refractivity contribution in [2.24, 2.45) is 0 Å². The van der Waals surface area contributed by atoms with E-state index >= 15 is 0 Å². The number of piperazine rings is 1. The fourth-order valence-electron chi connectivity index (χ4n) is 3.37. The molecule has 0 spiro atoms. The number of carbonyl (C=O) groups excluding carboxylic acids is 2. The molecule has 0 aromatic carbocycles. The number of rotatable bonds is 4. The van der Waals surface area contributed by atoms with Crippen LogP contribution in [0.4, 0.5) is 10.6 Å². The lowest BCUT2D eigenvalue weighted by molar-refractivity contribution is -0.125. The first-order chi connectivity index (χ1) is 12.1. The molecule has 0 radical (unpaired) electrons. The second-order valence-corrected chi connectivity index (χ2v) is 6.37. The SMILES string of the molecule is CC1CN(CCN2C(=O)CNC2=O)CCN1c1ccc2nncn2n1. The molecule has 2 saturated heterocycles. The summed E-state index contributed by atoms with van der Waals surface area (Å²) in [4.78, 5) is 29.0. The van der Waals surface area contributed by atoms with Gasteiger partial charge in [-0.3, -0.25) is 14.6 Å². The van der Waals surface area contributed by atoms with Crippen LogP contribution in [0, 0.1) is 0 Å². The Labute approximate surface area is 144 Å². The van der Waals surface area contributed by atoms with Crippen molar-refractivity contribution in [2.45, 2.75) is 13.0 Å². The van der Waals surface area contributed by atoms with Gasteiger partial charge in [0.15, 0.2) is 5.65 Å². The summed E-state index contributed by atoms with van der Waals surface area (Å²) in [5.74, 6) is 0.747. The van der Waals surface area contributed by atoms with E-state index in [2.05, 4.69) is 37.3 Å². The Morgan fingerprint density at radius 2 is 2.12 bits per heavy atom. The molecule has 0 bridgehead atoms. The van der Waals surface area contributed by atoms with E-state index in [1.165, 1.54) is 4.90 Å². The molecule has 0 aliphatic carbocycles. The molecule has 4 heterocycles. The van der Waals surface area contributed by atoms with Crippen LogP contribution in [0.5, 0.6) is 0 Å². The maximum atomic E-state index is 11.6. The van der Waals surface area contributed by atoms with Gasteiger partial charge in [-0.05, 0) is 19.1 Å². The number of fused-ring (bicyclic) bond motifs is 1. The minimum absolute atomic E-state index is 0.111. The smallest absolute Gasteiger partial charge is 0.324 e. The van der Waals surface area contributed by atoms with Gasteiger partial charge in [-0.15, -0.1) is 15.3 Å². The van der Waals surface area contributed by atoms with Crippen LogP contribution in [0.15, 0.2) is 18.5 Å². The Morgan fingerprint density at radius 1 is 1.24 bits per heavy atom. The Balaban J connectivity index is 1.37. The molecule has 2 fully saturated rings. The molecule has 1 atom stereocenters. The summed E-state index contributed by atoms with van der Waals surface area (Å²) in [6.07, 6.45) is 1.60. The molecule has 2 aliphatic rings. The zero-order valence-electron chi connectivity index (χ0n) is 14.0. The molecule has 132 valence electrons. The number of nitrogens with zero attached hydrogens (tertiary/aromatic N) is 7. The first-order valence-corrected chi connectivity index (χ1v) is 8.36. The fraction of sp³-hybridized carbons (Fsp3) is 0.533. The summed E-state index contributed by atoms with van der Waals surface area (Å²) < 4.78 is 1.67. The van der Waals surface area contributed by atoms with Gasteiger partial charge in [-0.2, -0.15) is 4.52 Å². The summed E-state index contributed by atoms with van der Waals surface area (Å²) >= 11 is 0. The zero-order valence-corrected chi connectivity index (χ0v) is 14.0. The Bertz CT molecular complexity index is 790. The third-order valence-corrected chi connectivity index (χ3v) is 4.73. The van der Waals surface area contributed by atoms with Crippen molar-refractivity contribution < 1.29 is 9.59 Å². The highest BCUT2D eigenvalue weighted by molar-refractivity contribution is 6.01. The molecular formula is C15H20N8O2. The van der Waals surface area contributed by atoms with Crippen LogP contribution in [0.2, 0.25) is 0 Å². The summed E-state index contributed by atoms with van der Waals surface area (Å²) in [6, 6.07) is 3.86. The van der Waals surface area contributed by atoms with Gasteiger partial charge in [0.2, 0.25) is 5.91 Å². The van der Waals surface area contributed by atoms with E-state index in [0.717, 1.165) is 31.1 Å². The number of carbonyl (C=O) groups is 2. The van der Waals surface area contributed by atoms with E-state index in [-0.39, 0.29) is 24.5 Å². The summed E-state index contributed by atoms with van der Waals surface area (Å²) in [5, 5.41) is 14.9. The Kier molecular flexibility index (Phi) is 3.96. The van der Waals surface area contributed by atoms with Crippen molar-refractivity contribution in [1.29, 1.82) is 0 Å². The van der Waals surface area contributed by atoms with Crippen LogP contribution in [0.3, 0.4) is 0 Å². The average molecular weight is 344 g/mol. The number of hydrogen-bond acceptors (Lipinski definition) is 7. The van der Waals surface area contributed by atoms with Crippen molar-refractivity contribution in [3.05, 3.63) is 18.5 Å². The average Bonchev–Trinajstić information content (AvgIpc) is 3.19. The minimum Gasteiger partial charge on any atom is -0.350 e. The largest absolute Gasteiger partial charge is 0.350 e. The van der Waals surface area contributed by atoms with Crippen LogP contribution in [-0.4, -0.2) is 86.9 Å². The normalized spacial score (nSPS) is 22.0. The molecule has 10 heteroatoms. The van der Waals surface area contributed by atoms with Gasteiger partial charge < -0.3 is 10.2 Å². The van der Waals surface area contributed by atoms with E-state index in [0.29, 0.717) is 13.1 Å². The minimum atomic E-state index is -0.289. The number of amides is 3. The van der Waals surface area contributed by atoms with Gasteiger partial charge in [0.05, 0.1) is 6.54 Å². The number of aromatic nitrogens is 4. The fourth-order valence-corrected chi connectivity index (χ4v) is 3.37. The summed E-state index contributed by atoms with van der Waals surface area (Å²) in [7, 11) is 0. The van der Waals surface area contributed by atoms with Crippen molar-refractivity contribution in [3.63, 3.8) is 0 Å². The monoisotopic (exact) mass is 344 g/mol. The van der Waals surface area contributed by atoms with Crippen LogP contribution < -0.4 is 10.2 Å². The molecule has 0 saturated carbocycles. The predicted octanol–water partition coefficient (Wildman–Crippen LogP) is -0.813. The number of anilines is 1. The van der Waals surface area contributed by atoms with Crippen LogP contribution >= 0.6 is 0 Å². The Hall–Kier alpha value is -2.75. The van der Waals surface area contributed by atoms with Crippen LogP contribution in [0.1, 0.15) is 6.92 Å². The second-order valence-electron chi connectivity index (χ2n) is 6.37. The molecule has 25 heavy (non-hydrogen) atoms. The zero-order chi connectivity index (χ0) is 17.4. The third-order valence-electron chi connectivity index (χ3n) is 4.73. The highest BCUT2D eigenvalue weighted by Crippen LogP contribution is 2.18. The third kappa shape index (κ3) is 3.00. The maximum Gasteiger partial charge on any atom is 0.324 e. The molecule has 1 unspecified atom stereocenters. The van der Waals surface area contributed by atoms with E-state index in [4.69, 9.17) is 0 Å². The highest BCUT2D eigenvalue weighted by Gasteiger charge is 2.30. The van der Waals surface area contributed by atoms with E-state index in [1.54, 1.807) is 10.8 Å². The number of hydrogen-bond donors (Lipinski definition) is 1. The lowest BCUT2D eigenvalue weighted by Crippen LogP contribution is -2.54. The van der Waals surface area contributed by atoms with Crippen LogP contribution in [-0.2, 0) is 4.79 Å². The van der Waals surface area contributed by atoms with Crippen molar-refractivity contribution in [1.82, 2.24) is 34.9 Å². The van der Waals surface area contributed by atoms with E-state index in [1.807, 2.05) is 12.1 Å². The van der Waals surface area contributed by atoms with Gasteiger partial charge in [0.1, 0.15) is 12.1 Å². The van der Waals surface area contributed by atoms with Crippen LogP contribution in [0.25, 0.3) is 5.65 Å². The topological polar surface area (TPSA) is 99.0 Å². The lowest BCUT2D eigenvalue weighted by atomic mass is 10.2. The predicted molar refractivity (Wildman–Crippen MR) is 89.1 cm³/mol. The van der Waals surface area contributed by atoms with Gasteiger partial charge >= 0.3 is 6.03 Å². The summed E-state index contributed by atoms with van der Waals surface area (Å²) in [5.41, 5.74) is 0.726. The van der Waals surface area contributed by atoms with Crippen molar-refractivity contribution >= 4 is 23.4 Å². The van der Waals surface area contributed by atoms with Gasteiger partial charge in [0, 0.05) is 38.8 Å². The number of imide groups is 1. The van der Waals surface area contributed by atoms with Gasteiger partial charge in [-0.1, -0.05) is 0 Å². The van der Waals surface area contributed by atoms with Gasteiger partial charge in [0.25, 0.3) is 0 Å². The molecule has 2 aromatic rings. The number of nitrogens with one attached hydrogen (secondary N) is 1. The lowest BCUT2D eigenvalue weighted by Gasteiger charge is -2.40. The second kappa shape index (κ2) is 6.28. The maximum absolute atomic E-state index is 11.6. The van der Waals surface area contributed by atoms with Crippen molar-refractivity contribution in [2.75, 3.05) is 44.2 Å². The first kappa shape index (κ1) is 15.8. The Morgan fingerprint density at radius 3 is 2.88 bits per heavy atom. The standard InChI is InChI=1S/C15H20N8O2/c1-11-9-20(5-7-22-14(24)8-16-15(22)25)4-6-21(11)13-3-2-12-18-17-10-23(12)19-13/h2-3,10-11H,4-9H2,1H3,(H,16,25). The molecule has 10 nitrogen and oxygen atoms in total. The van der Waals surface area contributed by atoms with E-state index in [9.17, 15) is 9.59 Å². The molecule has 1 N–H and O–H groups in total. The quantitative estimate of drug-likeness (QED) is 0.724. The molecule has 2 aromatic heterocycles. The first-order valence-electron chi connectivity index (χ1n) is 8.36. The molecular weight excluding hydrogens is 324 g/mol. The van der Waals surface area contributed by atoms with Gasteiger partial charge in [-0.25, -0.2) is 4.79 Å². The number of urea groups is 1.